The smallest absolute Gasteiger partial charge is 0.334 e. The Kier molecular flexibility index (Phi) is 4.59. The number of rotatable bonds is 4. The topological polar surface area (TPSA) is 99.3 Å². The molecule has 1 atom stereocenters. The van der Waals surface area contributed by atoms with Crippen molar-refractivity contribution in [3.63, 3.8) is 0 Å². The first-order valence-corrected chi connectivity index (χ1v) is 8.17. The number of carbonyl (C=O) groups is 2. The fourth-order valence-corrected chi connectivity index (χ4v) is 3.79. The van der Waals surface area contributed by atoms with Crippen LogP contribution in [-0.4, -0.2) is 33.2 Å². The maximum atomic E-state index is 11.9. The molecule has 0 bridgehead atoms. The number of hydrogen-bond acceptors (Lipinski definition) is 4. The largest absolute Gasteiger partial charge is 0.479 e. The predicted molar refractivity (Wildman–Crippen MR) is 80.9 cm³/mol. The van der Waals surface area contributed by atoms with Crippen LogP contribution in [0.4, 0.5) is 0 Å². The van der Waals surface area contributed by atoms with Crippen LogP contribution in [0, 0.1) is 5.41 Å². The van der Waals surface area contributed by atoms with Gasteiger partial charge in [-0.05, 0) is 25.7 Å². The minimum atomic E-state index is -1.30. The van der Waals surface area contributed by atoms with Crippen molar-refractivity contribution in [3.8, 4) is 0 Å². The average molecular weight is 310 g/mol. The number of hydrogen-bond donors (Lipinski definition) is 2. The monoisotopic (exact) mass is 310 g/mol. The van der Waals surface area contributed by atoms with E-state index in [2.05, 4.69) is 10.2 Å². The summed E-state index contributed by atoms with van der Waals surface area (Å²) in [7, 11) is 0. The fraction of sp³-hybridized carbons (Fsp3) is 0.875. The Labute approximate surface area is 131 Å². The van der Waals surface area contributed by atoms with Crippen LogP contribution >= 0.6 is 0 Å². The van der Waals surface area contributed by atoms with E-state index in [0.29, 0.717) is 19.3 Å². The maximum absolute atomic E-state index is 11.9. The highest BCUT2D eigenvalue weighted by atomic mass is 16.4. The second-order valence-corrected chi connectivity index (χ2v) is 7.35. The summed E-state index contributed by atoms with van der Waals surface area (Å²) >= 11 is 0. The summed E-state index contributed by atoms with van der Waals surface area (Å²) in [4.78, 5) is 23.6. The van der Waals surface area contributed by atoms with Crippen LogP contribution in [0.5, 0.6) is 0 Å². The van der Waals surface area contributed by atoms with E-state index >= 15 is 0 Å². The molecule has 6 nitrogen and oxygen atoms in total. The average Bonchev–Trinajstić information content (AvgIpc) is 2.46. The van der Waals surface area contributed by atoms with Crippen LogP contribution in [0.2, 0.25) is 0 Å². The minimum absolute atomic E-state index is 0.425. The van der Waals surface area contributed by atoms with E-state index < -0.39 is 28.4 Å². The van der Waals surface area contributed by atoms with E-state index in [-0.39, 0.29) is 0 Å². The van der Waals surface area contributed by atoms with Crippen LogP contribution in [0.3, 0.4) is 0 Å². The van der Waals surface area contributed by atoms with Gasteiger partial charge in [0.1, 0.15) is 0 Å². The third-order valence-electron chi connectivity index (χ3n) is 5.55. The summed E-state index contributed by atoms with van der Waals surface area (Å²) in [5.41, 5.74) is -3.05. The van der Waals surface area contributed by atoms with Crippen molar-refractivity contribution in [2.45, 2.75) is 82.7 Å². The van der Waals surface area contributed by atoms with Gasteiger partial charge in [0.15, 0.2) is 11.1 Å². The van der Waals surface area contributed by atoms with E-state index in [1.54, 1.807) is 0 Å². The Bertz CT molecular complexity index is 481. The standard InChI is InChI=1S/C16H26N2O4/c1-14(2)8-6-7-11-16(14,13(21)22)18-17-15(12(19)20)9-4-3-5-10-15/h3-11H2,1-2H3,(H,19,20)(H,21,22). The molecule has 0 saturated heterocycles. The number of carboxylic acids is 2. The predicted octanol–water partition coefficient (Wildman–Crippen LogP) is 3.65. The molecule has 0 aromatic carbocycles. The molecule has 2 aliphatic carbocycles. The molecule has 2 fully saturated rings. The van der Waals surface area contributed by atoms with Crippen molar-refractivity contribution in [1.29, 1.82) is 0 Å². The minimum Gasteiger partial charge on any atom is -0.479 e. The first-order valence-electron chi connectivity index (χ1n) is 8.17. The second kappa shape index (κ2) is 5.97. The van der Waals surface area contributed by atoms with E-state index in [9.17, 15) is 19.8 Å². The Morgan fingerprint density at radius 3 is 1.82 bits per heavy atom. The van der Waals surface area contributed by atoms with Crippen LogP contribution in [-0.2, 0) is 9.59 Å². The molecular formula is C16H26N2O4. The first kappa shape index (κ1) is 16.9. The molecule has 2 saturated carbocycles. The third kappa shape index (κ3) is 2.75. The molecule has 0 aromatic rings. The van der Waals surface area contributed by atoms with Gasteiger partial charge >= 0.3 is 11.9 Å². The lowest BCUT2D eigenvalue weighted by Gasteiger charge is -2.43. The normalized spacial score (nSPS) is 31.0. The lowest BCUT2D eigenvalue weighted by molar-refractivity contribution is -0.152. The summed E-state index contributed by atoms with van der Waals surface area (Å²) < 4.78 is 0. The van der Waals surface area contributed by atoms with Gasteiger partial charge < -0.3 is 10.2 Å². The van der Waals surface area contributed by atoms with E-state index in [0.717, 1.165) is 38.5 Å². The van der Waals surface area contributed by atoms with Crippen molar-refractivity contribution >= 4 is 11.9 Å². The highest BCUT2D eigenvalue weighted by Gasteiger charge is 2.54. The highest BCUT2D eigenvalue weighted by Crippen LogP contribution is 2.47. The van der Waals surface area contributed by atoms with Crippen molar-refractivity contribution in [3.05, 3.63) is 0 Å². The highest BCUT2D eigenvalue weighted by molar-refractivity contribution is 5.81. The molecule has 0 radical (unpaired) electrons. The van der Waals surface area contributed by atoms with E-state index in [1.807, 2.05) is 13.8 Å². The molecule has 6 heteroatoms. The van der Waals surface area contributed by atoms with Gasteiger partial charge in [-0.15, -0.1) is 0 Å². The molecule has 0 aromatic heterocycles. The Morgan fingerprint density at radius 2 is 1.32 bits per heavy atom. The maximum Gasteiger partial charge on any atom is 0.334 e. The third-order valence-corrected chi connectivity index (χ3v) is 5.55. The van der Waals surface area contributed by atoms with Gasteiger partial charge in [-0.25, -0.2) is 9.59 Å². The summed E-state index contributed by atoms with van der Waals surface area (Å²) in [6.07, 6.45) is 6.44. The van der Waals surface area contributed by atoms with Crippen LogP contribution in [0.1, 0.15) is 71.6 Å². The van der Waals surface area contributed by atoms with Crippen molar-refractivity contribution < 1.29 is 19.8 Å². The number of azo groups is 1. The molecule has 124 valence electrons. The van der Waals surface area contributed by atoms with Crippen LogP contribution in [0.15, 0.2) is 10.2 Å². The van der Waals surface area contributed by atoms with Gasteiger partial charge in [-0.1, -0.05) is 46.0 Å². The lowest BCUT2D eigenvalue weighted by atomic mass is 9.63. The SMILES string of the molecule is CC1(C)CCCCC1(N=NC1(C(=O)O)CCCCC1)C(=O)O. The summed E-state index contributed by atoms with van der Waals surface area (Å²) in [5, 5.41) is 27.7. The van der Waals surface area contributed by atoms with Crippen LogP contribution in [0.25, 0.3) is 0 Å². The molecule has 0 amide bonds. The Balaban J connectivity index is 2.38. The van der Waals surface area contributed by atoms with E-state index in [1.165, 1.54) is 0 Å². The van der Waals surface area contributed by atoms with Crippen LogP contribution < -0.4 is 0 Å². The quantitative estimate of drug-likeness (QED) is 0.774. The van der Waals surface area contributed by atoms with E-state index in [4.69, 9.17) is 0 Å². The fourth-order valence-electron chi connectivity index (χ4n) is 3.79. The van der Waals surface area contributed by atoms with Gasteiger partial charge in [0.25, 0.3) is 0 Å². The number of aliphatic carboxylic acids is 2. The second-order valence-electron chi connectivity index (χ2n) is 7.35. The van der Waals surface area contributed by atoms with Gasteiger partial charge in [0, 0.05) is 5.41 Å². The lowest BCUT2D eigenvalue weighted by Crippen LogP contribution is -2.52. The molecule has 0 aliphatic heterocycles. The van der Waals surface area contributed by atoms with Crippen molar-refractivity contribution in [2.24, 2.45) is 15.6 Å². The molecule has 2 rings (SSSR count). The summed E-state index contributed by atoms with van der Waals surface area (Å²) in [6.45, 7) is 3.79. The zero-order valence-electron chi connectivity index (χ0n) is 13.5. The number of nitrogens with zero attached hydrogens (tertiary/aromatic N) is 2. The number of carboxylic acid groups (broad SMARTS) is 2. The molecule has 0 heterocycles. The zero-order valence-corrected chi connectivity index (χ0v) is 13.5. The van der Waals surface area contributed by atoms with Gasteiger partial charge in [-0.2, -0.15) is 10.2 Å². The molecule has 2 aliphatic rings. The molecular weight excluding hydrogens is 284 g/mol. The Hall–Kier alpha value is -1.46. The molecule has 0 spiro atoms. The Morgan fingerprint density at radius 1 is 0.773 bits per heavy atom. The zero-order chi connectivity index (χ0) is 16.4. The first-order chi connectivity index (χ1) is 10.3. The molecule has 1 unspecified atom stereocenters. The summed E-state index contributed by atoms with van der Waals surface area (Å²) in [5.74, 6) is -1.97. The van der Waals surface area contributed by atoms with Crippen molar-refractivity contribution in [1.82, 2.24) is 0 Å². The molecule has 2 N–H and O–H groups in total. The van der Waals surface area contributed by atoms with Crippen molar-refractivity contribution in [2.75, 3.05) is 0 Å². The van der Waals surface area contributed by atoms with Gasteiger partial charge in [0.05, 0.1) is 0 Å². The molecule has 22 heavy (non-hydrogen) atoms. The summed E-state index contributed by atoms with van der Waals surface area (Å²) in [6, 6.07) is 0. The van der Waals surface area contributed by atoms with Gasteiger partial charge in [0.2, 0.25) is 0 Å². The van der Waals surface area contributed by atoms with Gasteiger partial charge in [-0.3, -0.25) is 0 Å².